The van der Waals surface area contributed by atoms with Gasteiger partial charge in [0, 0.05) is 6.08 Å². The van der Waals surface area contributed by atoms with Crippen molar-refractivity contribution in [2.24, 2.45) is 0 Å². The van der Waals surface area contributed by atoms with Crippen LogP contribution in [0, 0.1) is 11.3 Å². The second-order valence-electron chi connectivity index (χ2n) is 1.87. The third kappa shape index (κ3) is 1.75. The molecule has 0 N–H and O–H groups in total. The van der Waals surface area contributed by atoms with E-state index >= 15 is 0 Å². The van der Waals surface area contributed by atoms with E-state index in [0.717, 1.165) is 5.56 Å². The van der Waals surface area contributed by atoms with Crippen LogP contribution in [0.25, 0.3) is 6.08 Å². The van der Waals surface area contributed by atoms with Crippen molar-refractivity contribution in [2.45, 2.75) is 0 Å². The highest BCUT2D eigenvalue weighted by atomic mass is 15.1. The molecule has 0 bridgehead atoms. The second-order valence-corrected chi connectivity index (χ2v) is 1.87. The maximum atomic E-state index is 8.19. The van der Waals surface area contributed by atoms with Crippen LogP contribution in [-0.4, -0.2) is 0 Å². The number of hydrogen-bond donors (Lipinski definition) is 0. The highest BCUT2D eigenvalue weighted by Crippen LogP contribution is 1.99. The Labute approximate surface area is 60.2 Å². The first-order valence-corrected chi connectivity index (χ1v) is 3.04. The highest BCUT2D eigenvalue weighted by Gasteiger charge is 1.79. The van der Waals surface area contributed by atoms with Crippen molar-refractivity contribution >= 4 is 6.08 Å². The molecular weight excluding hydrogens is 123 g/mol. The minimum atomic E-state index is 1.06. The van der Waals surface area contributed by atoms with Gasteiger partial charge >= 0.3 is 0 Å². The third-order valence-corrected chi connectivity index (χ3v) is 1.15. The summed E-state index contributed by atoms with van der Waals surface area (Å²) in [6, 6.07) is 11.7. The molecule has 0 saturated heterocycles. The van der Waals surface area contributed by atoms with Crippen LogP contribution in [0.5, 0.6) is 0 Å². The van der Waals surface area contributed by atoms with Gasteiger partial charge in [-0.15, -0.1) is 0 Å². The summed E-state index contributed by atoms with van der Waals surface area (Å²) in [6.45, 7) is 0. The summed E-state index contributed by atoms with van der Waals surface area (Å²) >= 11 is 0. The summed E-state index contributed by atoms with van der Waals surface area (Å²) in [5.74, 6) is 0. The van der Waals surface area contributed by atoms with Gasteiger partial charge in [-0.05, 0) is 11.6 Å². The van der Waals surface area contributed by atoms with Gasteiger partial charge in [0.1, 0.15) is 0 Å². The minimum Gasteiger partial charge on any atom is -0.193 e. The van der Waals surface area contributed by atoms with Crippen molar-refractivity contribution in [2.75, 3.05) is 0 Å². The molecule has 0 fully saturated rings. The van der Waals surface area contributed by atoms with Crippen molar-refractivity contribution in [1.82, 2.24) is 0 Å². The van der Waals surface area contributed by atoms with Gasteiger partial charge in [0.2, 0.25) is 0 Å². The zero-order valence-corrected chi connectivity index (χ0v) is 5.49. The fraction of sp³-hybridized carbons (Fsp3) is 0. The van der Waals surface area contributed by atoms with E-state index in [2.05, 4.69) is 0 Å². The normalized spacial score (nSPS) is 9.50. The first-order valence-electron chi connectivity index (χ1n) is 3.04. The number of hydrogen-bond acceptors (Lipinski definition) is 1. The van der Waals surface area contributed by atoms with Crippen molar-refractivity contribution in [3.63, 3.8) is 0 Å². The topological polar surface area (TPSA) is 23.8 Å². The van der Waals surface area contributed by atoms with E-state index in [0.29, 0.717) is 0 Å². The first-order chi connectivity index (χ1) is 4.93. The third-order valence-electron chi connectivity index (χ3n) is 1.15. The lowest BCUT2D eigenvalue weighted by Gasteiger charge is -1.86. The summed E-state index contributed by atoms with van der Waals surface area (Å²) < 4.78 is 0. The van der Waals surface area contributed by atoms with E-state index in [1.54, 1.807) is 6.08 Å². The van der Waals surface area contributed by atoms with E-state index in [1.807, 2.05) is 36.4 Å². The summed E-state index contributed by atoms with van der Waals surface area (Å²) in [5.41, 5.74) is 1.06. The van der Waals surface area contributed by atoms with Crippen LogP contribution in [0.1, 0.15) is 5.56 Å². The Morgan fingerprint density at radius 2 is 1.90 bits per heavy atom. The quantitative estimate of drug-likeness (QED) is 0.422. The van der Waals surface area contributed by atoms with Crippen LogP contribution in [0.15, 0.2) is 36.4 Å². The molecule has 1 nitrogen and oxygen atoms in total. The van der Waals surface area contributed by atoms with Gasteiger partial charge in [-0.2, -0.15) is 5.26 Å². The van der Waals surface area contributed by atoms with Crippen molar-refractivity contribution < 1.29 is 0 Å². The van der Waals surface area contributed by atoms with E-state index < -0.39 is 0 Å². The van der Waals surface area contributed by atoms with Crippen molar-refractivity contribution in [1.29, 1.82) is 5.26 Å². The number of allylic oxidation sites excluding steroid dienone is 1. The molecule has 1 aromatic rings. The van der Waals surface area contributed by atoms with Crippen LogP contribution in [-0.2, 0) is 0 Å². The Kier molecular flexibility index (Phi) is 2.28. The maximum Gasteiger partial charge on any atom is 0.0912 e. The number of nitriles is 1. The molecule has 0 aliphatic heterocycles. The minimum absolute atomic E-state index is 1.06. The van der Waals surface area contributed by atoms with Crippen LogP contribution in [0.3, 0.4) is 0 Å². The zero-order valence-electron chi connectivity index (χ0n) is 5.49. The van der Waals surface area contributed by atoms with Crippen LogP contribution in [0.2, 0.25) is 0 Å². The lowest BCUT2D eigenvalue weighted by atomic mass is 10.2. The monoisotopic (exact) mass is 130 g/mol. The van der Waals surface area contributed by atoms with Crippen molar-refractivity contribution in [3.8, 4) is 6.07 Å². The molecule has 0 radical (unpaired) electrons. The number of nitrogens with zero attached hydrogens (tertiary/aromatic N) is 1. The van der Waals surface area contributed by atoms with Gasteiger partial charge in [0.05, 0.1) is 6.07 Å². The first kappa shape index (κ1) is 6.57. The molecule has 0 saturated carbocycles. The average Bonchev–Trinajstić information content (AvgIpc) is 2.03. The van der Waals surface area contributed by atoms with Gasteiger partial charge in [0.15, 0.2) is 0 Å². The Balaban J connectivity index is 2.79. The predicted octanol–water partition coefficient (Wildman–Crippen LogP) is 2.22. The fourth-order valence-electron chi connectivity index (χ4n) is 0.698. The van der Waals surface area contributed by atoms with Crippen LogP contribution < -0.4 is 0 Å². The molecule has 0 aliphatic carbocycles. The Morgan fingerprint density at radius 3 is 2.50 bits per heavy atom. The number of benzene rings is 1. The lowest BCUT2D eigenvalue weighted by Crippen LogP contribution is -1.65. The molecule has 0 spiro atoms. The summed E-state index contributed by atoms with van der Waals surface area (Å²) in [4.78, 5) is 0. The molecule has 1 rings (SSSR count). The predicted molar refractivity (Wildman–Crippen MR) is 41.1 cm³/mol. The molecule has 0 aromatic heterocycles. The van der Waals surface area contributed by atoms with Gasteiger partial charge in [0.25, 0.3) is 0 Å². The maximum absolute atomic E-state index is 8.19. The molecule has 0 unspecified atom stereocenters. The summed E-state index contributed by atoms with van der Waals surface area (Å²) in [6.07, 6.45) is 3.25. The number of rotatable bonds is 1. The second kappa shape index (κ2) is 3.47. The van der Waals surface area contributed by atoms with Crippen LogP contribution >= 0.6 is 0 Å². The molecule has 1 heteroatoms. The largest absolute Gasteiger partial charge is 0.193 e. The van der Waals surface area contributed by atoms with Gasteiger partial charge in [-0.1, -0.05) is 30.3 Å². The Hall–Kier alpha value is -1.55. The molecule has 1 aromatic carbocycles. The van der Waals surface area contributed by atoms with Gasteiger partial charge in [-0.3, -0.25) is 0 Å². The highest BCUT2D eigenvalue weighted by molar-refractivity contribution is 5.51. The smallest absolute Gasteiger partial charge is 0.0912 e. The Morgan fingerprint density at radius 1 is 1.20 bits per heavy atom. The van der Waals surface area contributed by atoms with Gasteiger partial charge < -0.3 is 0 Å². The zero-order chi connectivity index (χ0) is 7.23. The molecule has 10 heavy (non-hydrogen) atoms. The van der Waals surface area contributed by atoms with E-state index in [-0.39, 0.29) is 0 Å². The molecule has 48 valence electrons. The molecule has 0 heterocycles. The summed E-state index contributed by atoms with van der Waals surface area (Å²) in [7, 11) is 0. The molecule has 0 atom stereocenters. The molecule has 0 amide bonds. The summed E-state index contributed by atoms with van der Waals surface area (Å²) in [5, 5.41) is 8.19. The van der Waals surface area contributed by atoms with Crippen LogP contribution in [0.4, 0.5) is 0 Å². The SMILES string of the molecule is [15N]#C/C=C/c1ccccc1. The molecule has 0 aliphatic rings. The van der Waals surface area contributed by atoms with Gasteiger partial charge in [-0.25, -0.2) is 0 Å². The lowest BCUT2D eigenvalue weighted by molar-refractivity contribution is 1.54. The molecular formula is C9H7N. The van der Waals surface area contributed by atoms with E-state index in [1.165, 1.54) is 6.08 Å². The fourth-order valence-corrected chi connectivity index (χ4v) is 0.698. The standard InChI is InChI=1S/C9H7N/c10-8-4-7-9-5-2-1-3-6-9/h1-7H/b7-4+/i10+1. The van der Waals surface area contributed by atoms with Crippen molar-refractivity contribution in [3.05, 3.63) is 42.0 Å². The van der Waals surface area contributed by atoms with E-state index in [9.17, 15) is 0 Å². The van der Waals surface area contributed by atoms with E-state index in [4.69, 9.17) is 5.26 Å². The Bertz CT molecular complexity index is 254. The average molecular weight is 130 g/mol.